The van der Waals surface area contributed by atoms with Crippen molar-refractivity contribution in [3.8, 4) is 5.75 Å². The van der Waals surface area contributed by atoms with E-state index in [9.17, 15) is 5.11 Å². The Kier molecular flexibility index (Phi) is 3.03. The number of aliphatic hydroxyl groups excluding tert-OH is 1. The first kappa shape index (κ1) is 11.3. The monoisotopic (exact) mass is 240 g/mol. The smallest absolute Gasteiger partial charge is 0.125 e. The van der Waals surface area contributed by atoms with E-state index in [2.05, 4.69) is 12.1 Å². The molecule has 0 radical (unpaired) electrons. The van der Waals surface area contributed by atoms with E-state index in [1.54, 1.807) is 0 Å². The van der Waals surface area contributed by atoms with Crippen LogP contribution in [0.15, 0.2) is 54.6 Å². The third-order valence-electron chi connectivity index (χ3n) is 3.48. The second-order valence-electron chi connectivity index (χ2n) is 4.74. The van der Waals surface area contributed by atoms with Gasteiger partial charge in [-0.3, -0.25) is 0 Å². The van der Waals surface area contributed by atoms with Gasteiger partial charge in [-0.2, -0.15) is 0 Å². The third-order valence-corrected chi connectivity index (χ3v) is 3.48. The number of ether oxygens (including phenoxy) is 1. The fourth-order valence-corrected chi connectivity index (χ4v) is 2.49. The SMILES string of the molecule is O[C@H]1c2ccccc2OC[C@H]1Cc1ccccc1. The number of rotatable bonds is 2. The summed E-state index contributed by atoms with van der Waals surface area (Å²) in [6, 6.07) is 18.0. The molecule has 1 aliphatic heterocycles. The van der Waals surface area contributed by atoms with Gasteiger partial charge in [0.15, 0.2) is 0 Å². The van der Waals surface area contributed by atoms with Crippen molar-refractivity contribution in [2.45, 2.75) is 12.5 Å². The number of hydrogen-bond donors (Lipinski definition) is 1. The number of para-hydroxylation sites is 1. The summed E-state index contributed by atoms with van der Waals surface area (Å²) in [5.41, 5.74) is 2.15. The first-order chi connectivity index (χ1) is 8.84. The van der Waals surface area contributed by atoms with Crippen molar-refractivity contribution in [2.24, 2.45) is 5.92 Å². The van der Waals surface area contributed by atoms with Crippen LogP contribution in [-0.4, -0.2) is 11.7 Å². The van der Waals surface area contributed by atoms with Crippen LogP contribution in [0.2, 0.25) is 0 Å². The summed E-state index contributed by atoms with van der Waals surface area (Å²) in [5, 5.41) is 10.4. The lowest BCUT2D eigenvalue weighted by molar-refractivity contribution is 0.0508. The largest absolute Gasteiger partial charge is 0.493 e. The molecule has 0 unspecified atom stereocenters. The van der Waals surface area contributed by atoms with Crippen LogP contribution in [0.4, 0.5) is 0 Å². The maximum absolute atomic E-state index is 10.4. The predicted octanol–water partition coefficient (Wildman–Crippen LogP) is 2.97. The van der Waals surface area contributed by atoms with Crippen molar-refractivity contribution in [3.05, 3.63) is 65.7 Å². The Bertz CT molecular complexity index is 522. The zero-order valence-electron chi connectivity index (χ0n) is 10.1. The molecule has 0 fully saturated rings. The van der Waals surface area contributed by atoms with Crippen molar-refractivity contribution in [1.82, 2.24) is 0 Å². The van der Waals surface area contributed by atoms with Gasteiger partial charge in [0.2, 0.25) is 0 Å². The number of aliphatic hydroxyl groups is 1. The van der Waals surface area contributed by atoms with E-state index in [0.717, 1.165) is 17.7 Å². The molecule has 0 saturated heterocycles. The minimum absolute atomic E-state index is 0.127. The van der Waals surface area contributed by atoms with Gasteiger partial charge in [-0.25, -0.2) is 0 Å². The minimum Gasteiger partial charge on any atom is -0.493 e. The van der Waals surface area contributed by atoms with Gasteiger partial charge in [-0.1, -0.05) is 48.5 Å². The van der Waals surface area contributed by atoms with E-state index in [1.165, 1.54) is 5.56 Å². The van der Waals surface area contributed by atoms with Crippen LogP contribution in [-0.2, 0) is 6.42 Å². The first-order valence-corrected chi connectivity index (χ1v) is 6.28. The highest BCUT2D eigenvalue weighted by atomic mass is 16.5. The van der Waals surface area contributed by atoms with Crippen LogP contribution in [0.5, 0.6) is 5.75 Å². The average molecular weight is 240 g/mol. The van der Waals surface area contributed by atoms with Crippen molar-refractivity contribution >= 4 is 0 Å². The summed E-state index contributed by atoms with van der Waals surface area (Å²) in [5.74, 6) is 0.941. The Morgan fingerprint density at radius 3 is 2.56 bits per heavy atom. The van der Waals surface area contributed by atoms with Crippen LogP contribution >= 0.6 is 0 Å². The molecule has 0 amide bonds. The molecule has 2 aromatic rings. The molecular formula is C16H16O2. The van der Waals surface area contributed by atoms with Gasteiger partial charge in [0, 0.05) is 11.5 Å². The summed E-state index contributed by atoms with van der Waals surface area (Å²) < 4.78 is 5.72. The van der Waals surface area contributed by atoms with E-state index in [4.69, 9.17) is 4.74 Å². The lowest BCUT2D eigenvalue weighted by atomic mass is 9.88. The van der Waals surface area contributed by atoms with E-state index in [0.29, 0.717) is 6.61 Å². The van der Waals surface area contributed by atoms with Gasteiger partial charge in [0.1, 0.15) is 5.75 Å². The molecule has 18 heavy (non-hydrogen) atoms. The Morgan fingerprint density at radius 2 is 1.72 bits per heavy atom. The zero-order valence-corrected chi connectivity index (χ0v) is 10.1. The number of hydrogen-bond acceptors (Lipinski definition) is 2. The topological polar surface area (TPSA) is 29.5 Å². The van der Waals surface area contributed by atoms with Crippen LogP contribution < -0.4 is 4.74 Å². The van der Waals surface area contributed by atoms with E-state index in [-0.39, 0.29) is 5.92 Å². The summed E-state index contributed by atoms with van der Waals surface area (Å²) in [4.78, 5) is 0. The van der Waals surface area contributed by atoms with E-state index < -0.39 is 6.10 Å². The van der Waals surface area contributed by atoms with Gasteiger partial charge >= 0.3 is 0 Å². The average Bonchev–Trinajstić information content (AvgIpc) is 2.43. The molecule has 2 nitrogen and oxygen atoms in total. The first-order valence-electron chi connectivity index (χ1n) is 6.28. The van der Waals surface area contributed by atoms with Gasteiger partial charge < -0.3 is 9.84 Å². The van der Waals surface area contributed by atoms with Crippen LogP contribution in [0.3, 0.4) is 0 Å². The second-order valence-corrected chi connectivity index (χ2v) is 4.74. The Balaban J connectivity index is 1.81. The Morgan fingerprint density at radius 1 is 1.00 bits per heavy atom. The highest BCUT2D eigenvalue weighted by Gasteiger charge is 2.28. The quantitative estimate of drug-likeness (QED) is 0.874. The molecular weight excluding hydrogens is 224 g/mol. The molecule has 2 heteroatoms. The fraction of sp³-hybridized carbons (Fsp3) is 0.250. The maximum atomic E-state index is 10.4. The Hall–Kier alpha value is -1.80. The molecule has 1 N–H and O–H groups in total. The fourth-order valence-electron chi connectivity index (χ4n) is 2.49. The predicted molar refractivity (Wildman–Crippen MR) is 70.5 cm³/mol. The molecule has 0 saturated carbocycles. The molecule has 1 aliphatic rings. The van der Waals surface area contributed by atoms with Crippen molar-refractivity contribution in [3.63, 3.8) is 0 Å². The Labute approximate surface area is 107 Å². The van der Waals surface area contributed by atoms with Gasteiger partial charge in [0.05, 0.1) is 12.7 Å². The molecule has 2 atom stereocenters. The van der Waals surface area contributed by atoms with Crippen LogP contribution in [0, 0.1) is 5.92 Å². The minimum atomic E-state index is -0.435. The molecule has 2 aromatic carbocycles. The molecule has 0 aliphatic carbocycles. The number of benzene rings is 2. The summed E-state index contributed by atoms with van der Waals surface area (Å²) in [6.45, 7) is 0.576. The highest BCUT2D eigenvalue weighted by molar-refractivity contribution is 5.37. The normalized spacial score (nSPS) is 22.1. The third kappa shape index (κ3) is 2.12. The molecule has 92 valence electrons. The van der Waals surface area contributed by atoms with E-state index in [1.807, 2.05) is 42.5 Å². The van der Waals surface area contributed by atoms with Gasteiger partial charge in [-0.15, -0.1) is 0 Å². The lowest BCUT2D eigenvalue weighted by Gasteiger charge is -2.30. The summed E-state index contributed by atoms with van der Waals surface area (Å²) in [7, 11) is 0. The van der Waals surface area contributed by atoms with Crippen molar-refractivity contribution in [2.75, 3.05) is 6.61 Å². The molecule has 0 spiro atoms. The standard InChI is InChI=1S/C16H16O2/c17-16-13(10-12-6-2-1-3-7-12)11-18-15-9-5-4-8-14(15)16/h1-9,13,16-17H,10-11H2/t13-,16-/m1/s1. The second kappa shape index (κ2) is 4.83. The number of fused-ring (bicyclic) bond motifs is 1. The molecule has 1 heterocycles. The molecule has 0 aromatic heterocycles. The van der Waals surface area contributed by atoms with Crippen molar-refractivity contribution in [1.29, 1.82) is 0 Å². The lowest BCUT2D eigenvalue weighted by Crippen LogP contribution is -2.27. The summed E-state index contributed by atoms with van der Waals surface area (Å²) >= 11 is 0. The van der Waals surface area contributed by atoms with Gasteiger partial charge in [-0.05, 0) is 18.1 Å². The van der Waals surface area contributed by atoms with Crippen LogP contribution in [0.1, 0.15) is 17.2 Å². The zero-order chi connectivity index (χ0) is 12.4. The molecule has 3 rings (SSSR count). The molecule has 0 bridgehead atoms. The maximum Gasteiger partial charge on any atom is 0.125 e. The van der Waals surface area contributed by atoms with Crippen molar-refractivity contribution < 1.29 is 9.84 Å². The summed E-state index contributed by atoms with van der Waals surface area (Å²) in [6.07, 6.45) is 0.409. The highest BCUT2D eigenvalue weighted by Crippen LogP contribution is 2.36. The van der Waals surface area contributed by atoms with Gasteiger partial charge in [0.25, 0.3) is 0 Å². The van der Waals surface area contributed by atoms with Crippen LogP contribution in [0.25, 0.3) is 0 Å². The van der Waals surface area contributed by atoms with E-state index >= 15 is 0 Å².